The zero-order chi connectivity index (χ0) is 16.9. The van der Waals surface area contributed by atoms with Crippen molar-refractivity contribution in [3.8, 4) is 5.75 Å². The van der Waals surface area contributed by atoms with Gasteiger partial charge in [0.1, 0.15) is 5.75 Å². The highest BCUT2D eigenvalue weighted by Gasteiger charge is 2.30. The molecular weight excluding hydrogens is 328 g/mol. The zero-order valence-corrected chi connectivity index (χ0v) is 14.4. The van der Waals surface area contributed by atoms with E-state index in [0.717, 1.165) is 18.8 Å². The summed E-state index contributed by atoms with van der Waals surface area (Å²) in [7, 11) is 1.54. The molecule has 0 aliphatic carbocycles. The predicted molar refractivity (Wildman–Crippen MR) is 91.7 cm³/mol. The van der Waals surface area contributed by atoms with Gasteiger partial charge in [-0.1, -0.05) is 11.6 Å². The van der Waals surface area contributed by atoms with E-state index in [1.54, 1.807) is 31.6 Å². The first kappa shape index (κ1) is 16.9. The topological polar surface area (TPSA) is 55.9 Å². The molecule has 0 bridgehead atoms. The fraction of sp³-hybridized carbons (Fsp3) is 0.389. The minimum absolute atomic E-state index is 0.122. The Bertz CT molecular complexity index is 682. The van der Waals surface area contributed by atoms with Crippen molar-refractivity contribution in [3.05, 3.63) is 52.9 Å². The van der Waals surface area contributed by atoms with E-state index >= 15 is 0 Å². The van der Waals surface area contributed by atoms with Crippen molar-refractivity contribution in [2.75, 3.05) is 26.7 Å². The number of halogens is 1. The van der Waals surface area contributed by atoms with Crippen molar-refractivity contribution in [2.24, 2.45) is 0 Å². The van der Waals surface area contributed by atoms with Crippen LogP contribution < -0.4 is 15.0 Å². The van der Waals surface area contributed by atoms with E-state index in [2.05, 4.69) is 5.32 Å². The molecule has 1 saturated heterocycles. The molecule has 6 heteroatoms. The Labute approximate surface area is 146 Å². The number of rotatable bonds is 6. The predicted octanol–water partition coefficient (Wildman–Crippen LogP) is 2.09. The number of benzene rings is 1. The second-order valence-corrected chi connectivity index (χ2v) is 6.42. The number of amides is 1. The fourth-order valence-electron chi connectivity index (χ4n) is 3.26. The van der Waals surface area contributed by atoms with Gasteiger partial charge in [0.25, 0.3) is 5.91 Å². The van der Waals surface area contributed by atoms with Crippen LogP contribution in [0.1, 0.15) is 35.0 Å². The van der Waals surface area contributed by atoms with Crippen LogP contribution >= 0.6 is 11.6 Å². The fourth-order valence-corrected chi connectivity index (χ4v) is 3.43. The Balaban J connectivity index is 1.72. The van der Waals surface area contributed by atoms with Crippen molar-refractivity contribution < 1.29 is 18.8 Å². The van der Waals surface area contributed by atoms with Gasteiger partial charge in [-0.15, -0.1) is 0 Å². The van der Waals surface area contributed by atoms with Crippen molar-refractivity contribution in [1.82, 2.24) is 5.32 Å². The maximum absolute atomic E-state index is 12.6. The second-order valence-electron chi connectivity index (χ2n) is 5.99. The number of furan rings is 1. The molecular formula is C18H22ClN2O3+. The standard InChI is InChI=1S/C18H21ClN2O3/c1-23-16-7-6-13(19)11-14(16)18(22)20-12-15(17-5-4-10-24-17)21-8-2-3-9-21/h4-7,10-11,15H,2-3,8-9,12H2,1H3,(H,20,22)/p+1/t15-/m0/s1. The van der Waals surface area contributed by atoms with Crippen LogP contribution in [-0.2, 0) is 0 Å². The molecule has 128 valence electrons. The summed E-state index contributed by atoms with van der Waals surface area (Å²) >= 11 is 6.01. The third-order valence-corrected chi connectivity index (χ3v) is 4.73. The van der Waals surface area contributed by atoms with Crippen molar-refractivity contribution in [3.63, 3.8) is 0 Å². The third kappa shape index (κ3) is 3.74. The van der Waals surface area contributed by atoms with Gasteiger partial charge in [0.2, 0.25) is 0 Å². The normalized spacial score (nSPS) is 16.1. The average Bonchev–Trinajstić information content (AvgIpc) is 3.29. The summed E-state index contributed by atoms with van der Waals surface area (Å²) in [5.74, 6) is 1.23. The largest absolute Gasteiger partial charge is 0.496 e. The Morgan fingerprint density at radius 3 is 2.83 bits per heavy atom. The van der Waals surface area contributed by atoms with Gasteiger partial charge in [-0.2, -0.15) is 0 Å². The summed E-state index contributed by atoms with van der Waals surface area (Å²) in [5.41, 5.74) is 0.444. The third-order valence-electron chi connectivity index (χ3n) is 4.50. The molecule has 24 heavy (non-hydrogen) atoms. The Hall–Kier alpha value is -1.98. The van der Waals surface area contributed by atoms with E-state index < -0.39 is 0 Å². The molecule has 0 saturated carbocycles. The summed E-state index contributed by atoms with van der Waals surface area (Å²) in [4.78, 5) is 14.0. The minimum Gasteiger partial charge on any atom is -0.496 e. The van der Waals surface area contributed by atoms with Crippen LogP contribution in [0.15, 0.2) is 41.0 Å². The monoisotopic (exact) mass is 349 g/mol. The summed E-state index contributed by atoms with van der Waals surface area (Å²) in [6.07, 6.45) is 4.10. The van der Waals surface area contributed by atoms with Crippen molar-refractivity contribution >= 4 is 17.5 Å². The molecule has 5 nitrogen and oxygen atoms in total. The van der Waals surface area contributed by atoms with Gasteiger partial charge < -0.3 is 19.4 Å². The number of hydrogen-bond acceptors (Lipinski definition) is 3. The number of carbonyl (C=O) groups excluding carboxylic acids is 1. The molecule has 2 heterocycles. The lowest BCUT2D eigenvalue weighted by atomic mass is 10.1. The molecule has 2 N–H and O–H groups in total. The van der Waals surface area contributed by atoms with Gasteiger partial charge in [0, 0.05) is 17.9 Å². The molecule has 0 radical (unpaired) electrons. The Kier molecular flexibility index (Phi) is 5.43. The van der Waals surface area contributed by atoms with Gasteiger partial charge >= 0.3 is 0 Å². The van der Waals surface area contributed by atoms with Crippen LogP contribution in [0.2, 0.25) is 5.02 Å². The van der Waals surface area contributed by atoms with E-state index in [-0.39, 0.29) is 11.9 Å². The van der Waals surface area contributed by atoms with E-state index in [4.69, 9.17) is 20.8 Å². The lowest BCUT2D eigenvalue weighted by Gasteiger charge is -2.23. The number of carbonyl (C=O) groups is 1. The highest BCUT2D eigenvalue weighted by molar-refractivity contribution is 6.31. The van der Waals surface area contributed by atoms with E-state index in [1.165, 1.54) is 17.7 Å². The second kappa shape index (κ2) is 7.73. The number of ether oxygens (including phenoxy) is 1. The van der Waals surface area contributed by atoms with E-state index in [9.17, 15) is 4.79 Å². The maximum atomic E-state index is 12.6. The molecule has 1 fully saturated rings. The first-order valence-electron chi connectivity index (χ1n) is 8.18. The molecule has 1 aliphatic heterocycles. The minimum atomic E-state index is -0.190. The van der Waals surface area contributed by atoms with E-state index in [0.29, 0.717) is 22.9 Å². The van der Waals surface area contributed by atoms with Crippen LogP contribution in [0.4, 0.5) is 0 Å². The molecule has 1 aromatic carbocycles. The highest BCUT2D eigenvalue weighted by Crippen LogP contribution is 2.22. The summed E-state index contributed by atoms with van der Waals surface area (Å²) in [6.45, 7) is 2.71. The SMILES string of the molecule is COc1ccc(Cl)cc1C(=O)NC[C@@H](c1ccco1)[NH+]1CCCC1. The first-order valence-corrected chi connectivity index (χ1v) is 8.56. The number of nitrogens with one attached hydrogen (secondary N) is 2. The average molecular weight is 350 g/mol. The Morgan fingerprint density at radius 2 is 2.17 bits per heavy atom. The molecule has 1 amide bonds. The van der Waals surface area contributed by atoms with Crippen LogP contribution in [-0.4, -0.2) is 32.7 Å². The Morgan fingerprint density at radius 1 is 1.38 bits per heavy atom. The summed E-state index contributed by atoms with van der Waals surface area (Å²) < 4.78 is 10.8. The number of likely N-dealkylation sites (tertiary alicyclic amines) is 1. The van der Waals surface area contributed by atoms with Gasteiger partial charge in [0.05, 0.1) is 38.6 Å². The summed E-state index contributed by atoms with van der Waals surface area (Å²) in [6, 6.07) is 9.02. The van der Waals surface area contributed by atoms with Crippen LogP contribution in [0.3, 0.4) is 0 Å². The highest BCUT2D eigenvalue weighted by atomic mass is 35.5. The van der Waals surface area contributed by atoms with Crippen LogP contribution in [0.25, 0.3) is 0 Å². The molecule has 1 aliphatic rings. The molecule has 1 aromatic heterocycles. The quantitative estimate of drug-likeness (QED) is 0.839. The van der Waals surface area contributed by atoms with Crippen LogP contribution in [0.5, 0.6) is 5.75 Å². The lowest BCUT2D eigenvalue weighted by Crippen LogP contribution is -3.11. The number of methoxy groups -OCH3 is 1. The smallest absolute Gasteiger partial charge is 0.255 e. The molecule has 0 unspecified atom stereocenters. The van der Waals surface area contributed by atoms with Gasteiger partial charge in [0.15, 0.2) is 11.8 Å². The van der Waals surface area contributed by atoms with Crippen LogP contribution in [0, 0.1) is 0 Å². The van der Waals surface area contributed by atoms with Crippen molar-refractivity contribution in [2.45, 2.75) is 18.9 Å². The van der Waals surface area contributed by atoms with Gasteiger partial charge in [-0.25, -0.2) is 0 Å². The molecule has 0 spiro atoms. The van der Waals surface area contributed by atoms with E-state index in [1.807, 2.05) is 12.1 Å². The first-order chi connectivity index (χ1) is 11.7. The summed E-state index contributed by atoms with van der Waals surface area (Å²) in [5, 5.41) is 3.52. The van der Waals surface area contributed by atoms with Crippen molar-refractivity contribution in [1.29, 1.82) is 0 Å². The van der Waals surface area contributed by atoms with Gasteiger partial charge in [-0.3, -0.25) is 4.79 Å². The lowest BCUT2D eigenvalue weighted by molar-refractivity contribution is -0.919. The molecule has 2 aromatic rings. The number of quaternary nitrogens is 1. The molecule has 3 rings (SSSR count). The maximum Gasteiger partial charge on any atom is 0.255 e. The number of hydrogen-bond donors (Lipinski definition) is 2. The zero-order valence-electron chi connectivity index (χ0n) is 13.7. The molecule has 1 atom stereocenters. The van der Waals surface area contributed by atoms with Gasteiger partial charge in [-0.05, 0) is 30.3 Å².